The normalized spacial score (nSPS) is 15.3. The van der Waals surface area contributed by atoms with Crippen LogP contribution < -0.4 is 0 Å². The number of fused-ring (bicyclic) bond motifs is 1. The Hall–Kier alpha value is -1.51. The summed E-state index contributed by atoms with van der Waals surface area (Å²) in [5.74, 6) is 0.753. The Morgan fingerprint density at radius 1 is 1.33 bits per heavy atom. The number of carbonyl (C=O) groups excluding carboxylic acids is 1. The van der Waals surface area contributed by atoms with Gasteiger partial charge in [-0.1, -0.05) is 20.8 Å². The Morgan fingerprint density at radius 3 is 2.73 bits per heavy atom. The van der Waals surface area contributed by atoms with Crippen LogP contribution in [0.1, 0.15) is 31.9 Å². The zero-order valence-corrected chi connectivity index (χ0v) is 9.24. The number of aliphatic imine (C=N–C) groups is 1. The van der Waals surface area contributed by atoms with Crippen molar-refractivity contribution in [3.05, 3.63) is 23.4 Å². The highest BCUT2D eigenvalue weighted by Crippen LogP contribution is 2.31. The van der Waals surface area contributed by atoms with E-state index in [9.17, 15) is 4.79 Å². The number of nitrogens with zero attached hydrogens (tertiary/aromatic N) is 2. The third kappa shape index (κ3) is 1.82. The number of hydrogen-bond donors (Lipinski definition) is 0. The van der Waals surface area contributed by atoms with E-state index in [-0.39, 0.29) is 11.2 Å². The van der Waals surface area contributed by atoms with Crippen LogP contribution in [0.2, 0.25) is 0 Å². The molecule has 1 aromatic heterocycles. The number of pyridine rings is 1. The predicted octanol–water partition coefficient (Wildman–Crippen LogP) is 2.21. The van der Waals surface area contributed by atoms with Gasteiger partial charge < -0.3 is 0 Å². The topological polar surface area (TPSA) is 42.3 Å². The highest BCUT2D eigenvalue weighted by molar-refractivity contribution is 6.29. The fourth-order valence-corrected chi connectivity index (χ4v) is 1.82. The summed E-state index contributed by atoms with van der Waals surface area (Å²) >= 11 is 0. The van der Waals surface area contributed by atoms with E-state index in [1.54, 1.807) is 6.20 Å². The van der Waals surface area contributed by atoms with Gasteiger partial charge in [0.1, 0.15) is 0 Å². The monoisotopic (exact) mass is 202 g/mol. The number of hydrogen-bond acceptors (Lipinski definition) is 3. The lowest BCUT2D eigenvalue weighted by molar-refractivity contribution is -0.112. The molecule has 3 nitrogen and oxygen atoms in total. The van der Waals surface area contributed by atoms with E-state index in [1.165, 1.54) is 6.21 Å². The van der Waals surface area contributed by atoms with Crippen molar-refractivity contribution in [2.24, 2.45) is 4.99 Å². The van der Waals surface area contributed by atoms with Gasteiger partial charge in [0.2, 0.25) is 0 Å². The molecule has 1 aromatic rings. The van der Waals surface area contributed by atoms with Gasteiger partial charge >= 0.3 is 0 Å². The van der Waals surface area contributed by atoms with Crippen LogP contribution >= 0.6 is 0 Å². The van der Waals surface area contributed by atoms with Crippen molar-refractivity contribution in [2.75, 3.05) is 0 Å². The van der Waals surface area contributed by atoms with E-state index in [2.05, 4.69) is 30.7 Å². The number of ketones is 1. The highest BCUT2D eigenvalue weighted by Gasteiger charge is 2.23. The number of Topliss-reactive ketones (excluding diaryl/α,β-unsaturated/α-hetero) is 1. The standard InChI is InChI=1S/C12H14N2O/c1-12(2,3)10-4-5-13-11-9(10)6-8(15)7-14-11/h4-5,7H,6H2,1-3H3. The Morgan fingerprint density at radius 2 is 2.07 bits per heavy atom. The Labute approximate surface area is 89.3 Å². The number of carbonyl (C=O) groups is 1. The predicted molar refractivity (Wildman–Crippen MR) is 59.8 cm³/mol. The lowest BCUT2D eigenvalue weighted by Crippen LogP contribution is -2.19. The first kappa shape index (κ1) is 10.0. The van der Waals surface area contributed by atoms with Crippen molar-refractivity contribution in [3.8, 4) is 0 Å². The third-order valence-corrected chi connectivity index (χ3v) is 2.52. The van der Waals surface area contributed by atoms with E-state index >= 15 is 0 Å². The average Bonchev–Trinajstić information content (AvgIpc) is 2.15. The summed E-state index contributed by atoms with van der Waals surface area (Å²) < 4.78 is 0. The second kappa shape index (κ2) is 3.26. The van der Waals surface area contributed by atoms with Crippen molar-refractivity contribution in [1.82, 2.24) is 4.98 Å². The van der Waals surface area contributed by atoms with E-state index in [0.29, 0.717) is 12.2 Å². The molecule has 3 heteroatoms. The SMILES string of the molecule is CC(C)(C)c1ccnc2c1CC(=O)C=N2. The minimum Gasteiger partial charge on any atom is -0.293 e. The quantitative estimate of drug-likeness (QED) is 0.647. The molecule has 0 unspecified atom stereocenters. The Bertz CT molecular complexity index is 441. The van der Waals surface area contributed by atoms with E-state index in [4.69, 9.17) is 0 Å². The fraction of sp³-hybridized carbons (Fsp3) is 0.417. The summed E-state index contributed by atoms with van der Waals surface area (Å²) in [5.41, 5.74) is 2.18. The van der Waals surface area contributed by atoms with Gasteiger partial charge in [-0.05, 0) is 17.0 Å². The smallest absolute Gasteiger partial charge is 0.178 e. The van der Waals surface area contributed by atoms with Crippen LogP contribution in [0.5, 0.6) is 0 Å². The first-order valence-electron chi connectivity index (χ1n) is 5.04. The van der Waals surface area contributed by atoms with Crippen molar-refractivity contribution < 1.29 is 4.79 Å². The van der Waals surface area contributed by atoms with Gasteiger partial charge in [0.05, 0.1) is 6.21 Å². The van der Waals surface area contributed by atoms with Gasteiger partial charge in [-0.15, -0.1) is 0 Å². The maximum Gasteiger partial charge on any atom is 0.178 e. The average molecular weight is 202 g/mol. The van der Waals surface area contributed by atoms with Gasteiger partial charge in [-0.3, -0.25) is 4.79 Å². The molecule has 15 heavy (non-hydrogen) atoms. The van der Waals surface area contributed by atoms with Crippen molar-refractivity contribution in [3.63, 3.8) is 0 Å². The van der Waals surface area contributed by atoms with Crippen LogP contribution in [0, 0.1) is 0 Å². The minimum atomic E-state index is 0.0279. The molecule has 0 saturated carbocycles. The molecule has 1 aliphatic heterocycles. The molecule has 0 N–H and O–H groups in total. The number of aromatic nitrogens is 1. The maximum atomic E-state index is 11.3. The maximum absolute atomic E-state index is 11.3. The van der Waals surface area contributed by atoms with Gasteiger partial charge in [0, 0.05) is 18.2 Å². The summed E-state index contributed by atoms with van der Waals surface area (Å²) in [6.45, 7) is 6.39. The summed E-state index contributed by atoms with van der Waals surface area (Å²) in [6, 6.07) is 1.98. The van der Waals surface area contributed by atoms with E-state index < -0.39 is 0 Å². The molecule has 0 bridgehead atoms. The molecular formula is C12H14N2O. The van der Waals surface area contributed by atoms with Gasteiger partial charge in [0.15, 0.2) is 11.6 Å². The second-order valence-electron chi connectivity index (χ2n) is 4.81. The van der Waals surface area contributed by atoms with Crippen LogP contribution in [0.4, 0.5) is 5.82 Å². The summed E-state index contributed by atoms with van der Waals surface area (Å²) in [5, 5.41) is 0. The molecule has 78 valence electrons. The summed E-state index contributed by atoms with van der Waals surface area (Å²) in [6.07, 6.45) is 3.55. The molecule has 1 aliphatic rings. The largest absolute Gasteiger partial charge is 0.293 e. The van der Waals surface area contributed by atoms with Crippen LogP contribution in [0.3, 0.4) is 0 Å². The molecular weight excluding hydrogens is 188 g/mol. The Balaban J connectivity index is 2.60. The Kier molecular flexibility index (Phi) is 2.18. The first-order chi connectivity index (χ1) is 6.98. The van der Waals surface area contributed by atoms with Crippen LogP contribution in [0.15, 0.2) is 17.3 Å². The van der Waals surface area contributed by atoms with Crippen molar-refractivity contribution >= 4 is 17.8 Å². The van der Waals surface area contributed by atoms with Crippen LogP contribution in [-0.2, 0) is 16.6 Å². The van der Waals surface area contributed by atoms with Crippen molar-refractivity contribution in [1.29, 1.82) is 0 Å². The molecule has 0 aliphatic carbocycles. The van der Waals surface area contributed by atoms with Gasteiger partial charge in [-0.25, -0.2) is 9.98 Å². The van der Waals surface area contributed by atoms with Crippen molar-refractivity contribution in [2.45, 2.75) is 32.6 Å². The van der Waals surface area contributed by atoms with Crippen LogP contribution in [-0.4, -0.2) is 17.0 Å². The summed E-state index contributed by atoms with van der Waals surface area (Å²) in [7, 11) is 0. The molecule has 2 rings (SSSR count). The van der Waals surface area contributed by atoms with Crippen LogP contribution in [0.25, 0.3) is 0 Å². The molecule has 0 saturated heterocycles. The molecule has 0 radical (unpaired) electrons. The van der Waals surface area contributed by atoms with E-state index in [1.807, 2.05) is 6.07 Å². The third-order valence-electron chi connectivity index (χ3n) is 2.52. The molecule has 0 aromatic carbocycles. The zero-order chi connectivity index (χ0) is 11.1. The number of rotatable bonds is 0. The van der Waals surface area contributed by atoms with Gasteiger partial charge in [0.25, 0.3) is 0 Å². The lowest BCUT2D eigenvalue weighted by Gasteiger charge is -2.24. The molecule has 0 fully saturated rings. The van der Waals surface area contributed by atoms with E-state index in [0.717, 1.165) is 11.1 Å². The van der Waals surface area contributed by atoms with Gasteiger partial charge in [-0.2, -0.15) is 0 Å². The molecule has 2 heterocycles. The first-order valence-corrected chi connectivity index (χ1v) is 5.04. The molecule has 0 spiro atoms. The molecule has 0 atom stereocenters. The minimum absolute atomic E-state index is 0.0279. The summed E-state index contributed by atoms with van der Waals surface area (Å²) in [4.78, 5) is 19.6. The highest BCUT2D eigenvalue weighted by atomic mass is 16.1. The second-order valence-corrected chi connectivity index (χ2v) is 4.81. The fourth-order valence-electron chi connectivity index (χ4n) is 1.82. The zero-order valence-electron chi connectivity index (χ0n) is 9.24. The molecule has 0 amide bonds. The lowest BCUT2D eigenvalue weighted by atomic mass is 9.82.